The van der Waals surface area contributed by atoms with Crippen LogP contribution in [0.5, 0.6) is 11.5 Å². The Kier molecular flexibility index (Phi) is 7.75. The molecule has 0 unspecified atom stereocenters. The zero-order valence-electron chi connectivity index (χ0n) is 15.1. The van der Waals surface area contributed by atoms with Gasteiger partial charge in [0, 0.05) is 6.08 Å². The Morgan fingerprint density at radius 3 is 2.54 bits per heavy atom. The minimum Gasteiger partial charge on any atom is -0.504 e. The minimum atomic E-state index is -1.56. The van der Waals surface area contributed by atoms with E-state index in [4.69, 9.17) is 19.3 Å². The van der Waals surface area contributed by atoms with E-state index in [1.165, 1.54) is 31.2 Å². The van der Waals surface area contributed by atoms with Crippen LogP contribution in [0.25, 0.3) is 6.08 Å². The van der Waals surface area contributed by atoms with Crippen LogP contribution in [0.15, 0.2) is 24.3 Å². The number of rotatable bonds is 7. The smallest absolute Gasteiger partial charge is 0.330 e. The van der Waals surface area contributed by atoms with Crippen molar-refractivity contribution in [1.82, 2.24) is 0 Å². The second-order valence-electron chi connectivity index (χ2n) is 6.36. The molecule has 10 heteroatoms. The molecule has 6 N–H and O–H groups in total. The summed E-state index contributed by atoms with van der Waals surface area (Å²) in [6, 6.07) is 4.03. The van der Waals surface area contributed by atoms with Gasteiger partial charge in [-0.2, -0.15) is 0 Å². The lowest BCUT2D eigenvalue weighted by Gasteiger charge is -2.40. The molecule has 1 aliphatic rings. The quantitative estimate of drug-likeness (QED) is 0.187. The van der Waals surface area contributed by atoms with Gasteiger partial charge in [-0.15, -0.1) is 0 Å². The number of aliphatic hydroxyl groups is 4. The first-order valence-corrected chi connectivity index (χ1v) is 8.55. The fraction of sp³-hybridized carbons (Fsp3) is 0.500. The van der Waals surface area contributed by atoms with E-state index in [0.29, 0.717) is 5.56 Å². The molecule has 6 atom stereocenters. The molecule has 1 aliphatic heterocycles. The maximum absolute atomic E-state index is 11.8. The molecule has 1 fully saturated rings. The molecule has 0 radical (unpaired) electrons. The van der Waals surface area contributed by atoms with E-state index in [9.17, 15) is 30.3 Å². The molecule has 1 saturated heterocycles. The molecule has 1 heterocycles. The van der Waals surface area contributed by atoms with E-state index >= 15 is 0 Å². The van der Waals surface area contributed by atoms with Gasteiger partial charge in [0.05, 0.1) is 12.7 Å². The van der Waals surface area contributed by atoms with E-state index in [0.717, 1.165) is 6.08 Å². The monoisotopic (exact) mass is 400 g/mol. The van der Waals surface area contributed by atoms with Gasteiger partial charge in [0.15, 0.2) is 17.8 Å². The summed E-state index contributed by atoms with van der Waals surface area (Å²) < 4.78 is 15.6. The normalized spacial score (nSPS) is 29.0. The summed E-state index contributed by atoms with van der Waals surface area (Å²) in [5, 5.41) is 57.1. The first kappa shape index (κ1) is 22.1. The number of hydrogen-bond donors (Lipinski definition) is 6. The summed E-state index contributed by atoms with van der Waals surface area (Å²) in [6.07, 6.45) is -5.23. The van der Waals surface area contributed by atoms with Crippen LogP contribution >= 0.6 is 0 Å². The number of aliphatic hydroxyl groups excluding tert-OH is 4. The lowest BCUT2D eigenvalue weighted by atomic mass is 9.99. The number of hydrogen-bond acceptors (Lipinski definition) is 10. The third-order valence-corrected chi connectivity index (χ3v) is 4.09. The van der Waals surface area contributed by atoms with Crippen LogP contribution in [0, 0.1) is 0 Å². The highest BCUT2D eigenvalue weighted by Gasteiger charge is 2.44. The Hall–Kier alpha value is -2.21. The molecule has 0 amide bonds. The molecule has 0 bridgehead atoms. The molecular weight excluding hydrogens is 376 g/mol. The van der Waals surface area contributed by atoms with Crippen LogP contribution in [-0.2, 0) is 19.0 Å². The Morgan fingerprint density at radius 1 is 1.18 bits per heavy atom. The van der Waals surface area contributed by atoms with Crippen LogP contribution in [0.3, 0.4) is 0 Å². The Balaban J connectivity index is 1.82. The topological polar surface area (TPSA) is 166 Å². The van der Waals surface area contributed by atoms with Gasteiger partial charge in [-0.05, 0) is 30.7 Å². The van der Waals surface area contributed by atoms with Crippen LogP contribution in [0.1, 0.15) is 12.5 Å². The molecule has 0 aliphatic carbocycles. The van der Waals surface area contributed by atoms with Crippen molar-refractivity contribution in [3.8, 4) is 11.5 Å². The first-order chi connectivity index (χ1) is 13.2. The number of aromatic hydroxyl groups is 2. The van der Waals surface area contributed by atoms with Crippen molar-refractivity contribution in [1.29, 1.82) is 0 Å². The standard InChI is InChI=1S/C18H24O10/c1-9(27-18-17(25)16(24)15(23)13(7-19)28-18)8-26-14(22)5-3-10-2-4-11(20)12(21)6-10/h2-6,9,13,15-21,23-25H,7-8H2,1H3/b5-3+/t9-,13+,15+,16-,17+,18+/m0/s1. The van der Waals surface area contributed by atoms with E-state index in [1.807, 2.05) is 0 Å². The van der Waals surface area contributed by atoms with Gasteiger partial charge in [0.1, 0.15) is 31.0 Å². The molecule has 0 aromatic heterocycles. The molecule has 10 nitrogen and oxygen atoms in total. The van der Waals surface area contributed by atoms with Crippen LogP contribution in [0.2, 0.25) is 0 Å². The highest BCUT2D eigenvalue weighted by atomic mass is 16.7. The summed E-state index contributed by atoms with van der Waals surface area (Å²) in [6.45, 7) is 0.765. The Morgan fingerprint density at radius 2 is 1.89 bits per heavy atom. The summed E-state index contributed by atoms with van der Waals surface area (Å²) in [5.41, 5.74) is 0.470. The van der Waals surface area contributed by atoms with Gasteiger partial charge in [0.25, 0.3) is 0 Å². The zero-order chi connectivity index (χ0) is 20.8. The predicted molar refractivity (Wildman–Crippen MR) is 94.1 cm³/mol. The lowest BCUT2D eigenvalue weighted by Crippen LogP contribution is -2.59. The van der Waals surface area contributed by atoms with Gasteiger partial charge < -0.3 is 44.8 Å². The first-order valence-electron chi connectivity index (χ1n) is 8.55. The predicted octanol–water partition coefficient (Wildman–Crippen LogP) is -1.14. The number of esters is 1. The van der Waals surface area contributed by atoms with Crippen molar-refractivity contribution in [3.63, 3.8) is 0 Å². The number of carbonyl (C=O) groups is 1. The highest BCUT2D eigenvalue weighted by Crippen LogP contribution is 2.25. The second-order valence-corrected chi connectivity index (χ2v) is 6.36. The maximum atomic E-state index is 11.8. The third kappa shape index (κ3) is 5.64. The SMILES string of the molecule is C[C@@H](COC(=O)/C=C/c1ccc(O)c(O)c1)O[C@@H]1O[C@H](CO)[C@@H](O)[C@H](O)[C@H]1O. The summed E-state index contributed by atoms with van der Waals surface area (Å²) >= 11 is 0. The number of phenols is 2. The van der Waals surface area contributed by atoms with Crippen molar-refractivity contribution in [2.75, 3.05) is 13.2 Å². The van der Waals surface area contributed by atoms with E-state index in [2.05, 4.69) is 0 Å². The van der Waals surface area contributed by atoms with Gasteiger partial charge in [-0.25, -0.2) is 4.79 Å². The highest BCUT2D eigenvalue weighted by molar-refractivity contribution is 5.87. The van der Waals surface area contributed by atoms with Gasteiger partial charge in [0.2, 0.25) is 0 Å². The van der Waals surface area contributed by atoms with E-state index < -0.39 is 49.4 Å². The molecule has 156 valence electrons. The van der Waals surface area contributed by atoms with Crippen molar-refractivity contribution >= 4 is 12.0 Å². The summed E-state index contributed by atoms with van der Waals surface area (Å²) in [7, 11) is 0. The van der Waals surface area contributed by atoms with Crippen molar-refractivity contribution in [3.05, 3.63) is 29.8 Å². The van der Waals surface area contributed by atoms with Gasteiger partial charge in [-0.3, -0.25) is 0 Å². The molecular formula is C18H24O10. The third-order valence-electron chi connectivity index (χ3n) is 4.09. The van der Waals surface area contributed by atoms with Crippen molar-refractivity contribution < 1.29 is 49.6 Å². The lowest BCUT2D eigenvalue weighted by molar-refractivity contribution is -0.311. The average Bonchev–Trinajstić information content (AvgIpc) is 2.67. The molecule has 0 saturated carbocycles. The zero-order valence-corrected chi connectivity index (χ0v) is 15.1. The van der Waals surface area contributed by atoms with Gasteiger partial charge in [-0.1, -0.05) is 6.07 Å². The van der Waals surface area contributed by atoms with E-state index in [-0.39, 0.29) is 18.1 Å². The fourth-order valence-electron chi connectivity index (χ4n) is 2.50. The van der Waals surface area contributed by atoms with E-state index in [1.54, 1.807) is 0 Å². The molecule has 1 aromatic carbocycles. The fourth-order valence-corrected chi connectivity index (χ4v) is 2.50. The van der Waals surface area contributed by atoms with Crippen molar-refractivity contribution in [2.24, 2.45) is 0 Å². The Labute approximate surface area is 160 Å². The van der Waals surface area contributed by atoms with Crippen LogP contribution in [0.4, 0.5) is 0 Å². The second kappa shape index (κ2) is 9.82. The minimum absolute atomic E-state index is 0.195. The average molecular weight is 400 g/mol. The van der Waals surface area contributed by atoms with Crippen LogP contribution in [-0.4, -0.2) is 86.6 Å². The molecule has 2 rings (SSSR count). The number of ether oxygens (including phenoxy) is 3. The molecule has 1 aromatic rings. The number of benzene rings is 1. The number of phenolic OH excluding ortho intramolecular Hbond substituents is 2. The summed E-state index contributed by atoms with van der Waals surface area (Å²) in [4.78, 5) is 11.8. The van der Waals surface area contributed by atoms with Gasteiger partial charge >= 0.3 is 5.97 Å². The molecule has 0 spiro atoms. The molecule has 28 heavy (non-hydrogen) atoms. The Bertz CT molecular complexity index is 689. The number of carbonyl (C=O) groups excluding carboxylic acids is 1. The van der Waals surface area contributed by atoms with Crippen LogP contribution < -0.4 is 0 Å². The van der Waals surface area contributed by atoms with Crippen molar-refractivity contribution in [2.45, 2.75) is 43.7 Å². The maximum Gasteiger partial charge on any atom is 0.330 e. The largest absolute Gasteiger partial charge is 0.504 e. The summed E-state index contributed by atoms with van der Waals surface area (Å²) in [5.74, 6) is -1.30.